The van der Waals surface area contributed by atoms with Crippen LogP contribution in [-0.2, 0) is 4.79 Å². The van der Waals surface area contributed by atoms with Crippen LogP contribution in [0, 0.1) is 11.8 Å². The van der Waals surface area contributed by atoms with Gasteiger partial charge in [0.1, 0.15) is 4.34 Å². The molecule has 112 valence electrons. The maximum absolute atomic E-state index is 12.0. The van der Waals surface area contributed by atoms with Gasteiger partial charge in [-0.2, -0.15) is 0 Å². The molecule has 0 saturated carbocycles. The number of nitrogens with one attached hydrogen (secondary N) is 1. The van der Waals surface area contributed by atoms with Crippen molar-refractivity contribution in [2.45, 2.75) is 26.7 Å². The number of amides is 1. The van der Waals surface area contributed by atoms with E-state index >= 15 is 0 Å². The van der Waals surface area contributed by atoms with Gasteiger partial charge in [0.15, 0.2) is 0 Å². The van der Waals surface area contributed by atoms with E-state index in [9.17, 15) is 9.59 Å². The van der Waals surface area contributed by atoms with Crippen molar-refractivity contribution < 1.29 is 14.7 Å². The number of hydrogen-bond donors (Lipinski definition) is 2. The van der Waals surface area contributed by atoms with Gasteiger partial charge in [-0.1, -0.05) is 37.0 Å². The second-order valence-electron chi connectivity index (χ2n) is 5.04. The van der Waals surface area contributed by atoms with Crippen LogP contribution in [0.5, 0.6) is 0 Å². The maximum Gasteiger partial charge on any atom is 0.303 e. The van der Waals surface area contributed by atoms with Crippen LogP contribution in [0.1, 0.15) is 37.0 Å². The van der Waals surface area contributed by atoms with E-state index in [2.05, 4.69) is 5.32 Å². The normalized spacial score (nSPS) is 12.4. The van der Waals surface area contributed by atoms with Gasteiger partial charge in [-0.25, -0.2) is 0 Å². The first-order valence-corrected chi connectivity index (χ1v) is 7.81. The molecule has 0 aliphatic carbocycles. The molecule has 0 fully saturated rings. The third-order valence-electron chi connectivity index (χ3n) is 2.72. The van der Waals surface area contributed by atoms with E-state index in [1.165, 1.54) is 6.07 Å². The molecule has 0 radical (unpaired) electrons. The van der Waals surface area contributed by atoms with Crippen molar-refractivity contribution in [3.05, 3.63) is 20.3 Å². The number of hydrogen-bond acceptors (Lipinski definition) is 3. The zero-order valence-corrected chi connectivity index (χ0v) is 13.6. The zero-order valence-electron chi connectivity index (χ0n) is 11.3. The van der Waals surface area contributed by atoms with E-state index in [0.29, 0.717) is 26.7 Å². The number of rotatable bonds is 7. The summed E-state index contributed by atoms with van der Waals surface area (Å²) in [6, 6.07) is 1.51. The quantitative estimate of drug-likeness (QED) is 0.792. The highest BCUT2D eigenvalue weighted by atomic mass is 35.5. The van der Waals surface area contributed by atoms with Gasteiger partial charge in [0, 0.05) is 13.0 Å². The van der Waals surface area contributed by atoms with Crippen LogP contribution >= 0.6 is 34.5 Å². The number of aliphatic carboxylic acids is 1. The highest BCUT2D eigenvalue weighted by Crippen LogP contribution is 2.31. The van der Waals surface area contributed by atoms with E-state index in [-0.39, 0.29) is 18.2 Å². The third kappa shape index (κ3) is 5.69. The van der Waals surface area contributed by atoms with Crippen molar-refractivity contribution in [2.75, 3.05) is 6.54 Å². The Morgan fingerprint density at radius 1 is 1.40 bits per heavy atom. The smallest absolute Gasteiger partial charge is 0.303 e. The SMILES string of the molecule is CC(C)CC(CNC(=O)c1cc(Cl)sc1Cl)CC(=O)O. The summed E-state index contributed by atoms with van der Waals surface area (Å²) in [6.07, 6.45) is 0.779. The monoisotopic (exact) mass is 337 g/mol. The highest BCUT2D eigenvalue weighted by Gasteiger charge is 2.18. The molecule has 2 N–H and O–H groups in total. The van der Waals surface area contributed by atoms with Gasteiger partial charge in [-0.3, -0.25) is 9.59 Å². The predicted molar refractivity (Wildman–Crippen MR) is 81.9 cm³/mol. The van der Waals surface area contributed by atoms with Gasteiger partial charge in [-0.05, 0) is 24.3 Å². The lowest BCUT2D eigenvalue weighted by atomic mass is 9.94. The molecule has 1 atom stereocenters. The number of halogens is 2. The van der Waals surface area contributed by atoms with Gasteiger partial charge in [0.05, 0.1) is 9.90 Å². The Bertz CT molecular complexity index is 488. The molecule has 1 heterocycles. The van der Waals surface area contributed by atoms with E-state index in [1.54, 1.807) is 0 Å². The molecule has 7 heteroatoms. The second kappa shape index (κ2) is 7.86. The molecule has 1 rings (SSSR count). The van der Waals surface area contributed by atoms with E-state index < -0.39 is 5.97 Å². The van der Waals surface area contributed by atoms with Crippen LogP contribution in [0.25, 0.3) is 0 Å². The number of carboxylic acids is 1. The van der Waals surface area contributed by atoms with Gasteiger partial charge in [0.25, 0.3) is 5.91 Å². The second-order valence-corrected chi connectivity index (χ2v) is 7.33. The lowest BCUT2D eigenvalue weighted by Crippen LogP contribution is -2.31. The van der Waals surface area contributed by atoms with E-state index in [1.807, 2.05) is 13.8 Å². The first-order valence-electron chi connectivity index (χ1n) is 6.24. The molecule has 20 heavy (non-hydrogen) atoms. The Balaban J connectivity index is 2.60. The molecule has 1 amide bonds. The topological polar surface area (TPSA) is 66.4 Å². The average molecular weight is 338 g/mol. The van der Waals surface area contributed by atoms with Crippen LogP contribution in [-0.4, -0.2) is 23.5 Å². The average Bonchev–Trinajstić information content (AvgIpc) is 2.63. The molecule has 0 aliphatic heterocycles. The fraction of sp³-hybridized carbons (Fsp3) is 0.538. The number of carbonyl (C=O) groups excluding carboxylic acids is 1. The molecule has 0 aliphatic rings. The summed E-state index contributed by atoms with van der Waals surface area (Å²) in [5, 5.41) is 11.6. The van der Waals surface area contributed by atoms with Gasteiger partial charge < -0.3 is 10.4 Å². The van der Waals surface area contributed by atoms with Crippen molar-refractivity contribution in [1.82, 2.24) is 5.32 Å². The summed E-state index contributed by atoms with van der Waals surface area (Å²) >= 11 is 12.8. The standard InChI is InChI=1S/C13H17Cl2NO3S/c1-7(2)3-8(4-11(17)18)6-16-13(19)9-5-10(14)20-12(9)15/h5,7-8H,3-4,6H2,1-2H3,(H,16,19)(H,17,18). The minimum absolute atomic E-state index is 0.0383. The van der Waals surface area contributed by atoms with Gasteiger partial charge in [-0.15, -0.1) is 11.3 Å². The van der Waals surface area contributed by atoms with Crippen LogP contribution in [0.3, 0.4) is 0 Å². The van der Waals surface area contributed by atoms with E-state index in [4.69, 9.17) is 28.3 Å². The van der Waals surface area contributed by atoms with Gasteiger partial charge >= 0.3 is 5.97 Å². The van der Waals surface area contributed by atoms with Crippen molar-refractivity contribution in [3.8, 4) is 0 Å². The molecule has 1 aromatic rings. The Morgan fingerprint density at radius 2 is 2.05 bits per heavy atom. The fourth-order valence-electron chi connectivity index (χ4n) is 1.98. The lowest BCUT2D eigenvalue weighted by molar-refractivity contribution is -0.138. The zero-order chi connectivity index (χ0) is 15.3. The molecule has 1 unspecified atom stereocenters. The summed E-state index contributed by atoms with van der Waals surface area (Å²) < 4.78 is 0.788. The Hall–Kier alpha value is -0.780. The summed E-state index contributed by atoms with van der Waals surface area (Å²) in [5.41, 5.74) is 0.334. The Morgan fingerprint density at radius 3 is 2.50 bits per heavy atom. The molecule has 0 saturated heterocycles. The minimum Gasteiger partial charge on any atom is -0.481 e. The fourth-order valence-corrected chi connectivity index (χ4v) is 3.44. The molecular formula is C13H17Cl2NO3S. The van der Waals surface area contributed by atoms with Crippen LogP contribution < -0.4 is 5.32 Å². The van der Waals surface area contributed by atoms with Gasteiger partial charge in [0.2, 0.25) is 0 Å². The van der Waals surface area contributed by atoms with Crippen molar-refractivity contribution in [1.29, 1.82) is 0 Å². The van der Waals surface area contributed by atoms with Crippen molar-refractivity contribution in [2.24, 2.45) is 11.8 Å². The minimum atomic E-state index is -0.860. The maximum atomic E-state index is 12.0. The Kier molecular flexibility index (Phi) is 6.79. The number of carboxylic acid groups (broad SMARTS) is 1. The van der Waals surface area contributed by atoms with Crippen LogP contribution in [0.2, 0.25) is 8.67 Å². The number of carbonyl (C=O) groups is 2. The largest absolute Gasteiger partial charge is 0.481 e. The first-order chi connectivity index (χ1) is 9.29. The van der Waals surface area contributed by atoms with Crippen molar-refractivity contribution in [3.63, 3.8) is 0 Å². The lowest BCUT2D eigenvalue weighted by Gasteiger charge is -2.17. The molecule has 0 spiro atoms. The summed E-state index contributed by atoms with van der Waals surface area (Å²) in [6.45, 7) is 4.35. The predicted octanol–water partition coefficient (Wildman–Crippen LogP) is 3.92. The van der Waals surface area contributed by atoms with Crippen molar-refractivity contribution >= 4 is 46.4 Å². The third-order valence-corrected chi connectivity index (χ3v) is 4.21. The summed E-state index contributed by atoms with van der Waals surface area (Å²) in [7, 11) is 0. The molecular weight excluding hydrogens is 321 g/mol. The summed E-state index contributed by atoms with van der Waals surface area (Å²) in [5.74, 6) is -0.904. The molecule has 4 nitrogen and oxygen atoms in total. The van der Waals surface area contributed by atoms with E-state index in [0.717, 1.165) is 17.8 Å². The first kappa shape index (κ1) is 17.3. The van der Waals surface area contributed by atoms with Crippen LogP contribution in [0.4, 0.5) is 0 Å². The molecule has 1 aromatic heterocycles. The molecule has 0 aromatic carbocycles. The Labute approximate surface area is 132 Å². The van der Waals surface area contributed by atoms with Crippen LogP contribution in [0.15, 0.2) is 6.07 Å². The summed E-state index contributed by atoms with van der Waals surface area (Å²) in [4.78, 5) is 22.8. The highest BCUT2D eigenvalue weighted by molar-refractivity contribution is 7.20. The molecule has 0 bridgehead atoms. The number of thiophene rings is 1.